The van der Waals surface area contributed by atoms with Crippen molar-refractivity contribution in [3.05, 3.63) is 0 Å². The van der Waals surface area contributed by atoms with Gasteiger partial charge >= 0.3 is 0 Å². The molecule has 78 valence electrons. The largest absolute Gasteiger partial charge is 0.361 e. The minimum atomic E-state index is 0.0712. The van der Waals surface area contributed by atoms with E-state index < -0.39 is 0 Å². The molecule has 1 atom stereocenters. The zero-order chi connectivity index (χ0) is 9.73. The molecular weight excluding hydrogens is 162 g/mol. The summed E-state index contributed by atoms with van der Waals surface area (Å²) in [6.07, 6.45) is 6.26. The lowest BCUT2D eigenvalue weighted by Crippen LogP contribution is -2.51. The second-order valence-electron chi connectivity index (χ2n) is 4.01. The fraction of sp³-hybridized carbons (Fsp3) is 1.00. The van der Waals surface area contributed by atoms with Gasteiger partial charge in [-0.05, 0) is 39.7 Å². The van der Waals surface area contributed by atoms with Crippen LogP contribution in [0.15, 0.2) is 0 Å². The Morgan fingerprint density at radius 3 is 2.62 bits per heavy atom. The van der Waals surface area contributed by atoms with Gasteiger partial charge in [-0.3, -0.25) is 4.90 Å². The molecule has 1 fully saturated rings. The van der Waals surface area contributed by atoms with Crippen molar-refractivity contribution in [2.45, 2.75) is 51.7 Å². The molecule has 0 aromatic carbocycles. The van der Waals surface area contributed by atoms with Gasteiger partial charge in [0.15, 0.2) is 0 Å². The first kappa shape index (κ1) is 11.0. The van der Waals surface area contributed by atoms with E-state index >= 15 is 0 Å². The van der Waals surface area contributed by atoms with Gasteiger partial charge in [-0.2, -0.15) is 0 Å². The van der Waals surface area contributed by atoms with E-state index in [9.17, 15) is 0 Å². The molecule has 1 aliphatic heterocycles. The molecule has 0 aromatic heterocycles. The first-order chi connectivity index (χ1) is 6.25. The predicted octanol–water partition coefficient (Wildman–Crippen LogP) is 2.64. The maximum atomic E-state index is 5.95. The van der Waals surface area contributed by atoms with Crippen molar-refractivity contribution in [2.24, 2.45) is 0 Å². The summed E-state index contributed by atoms with van der Waals surface area (Å²) in [6, 6.07) is 0. The third kappa shape index (κ3) is 2.44. The number of likely N-dealkylation sites (tertiary alicyclic amines) is 1. The quantitative estimate of drug-likeness (QED) is 0.667. The molecule has 0 bridgehead atoms. The Bertz CT molecular complexity index is 136. The van der Waals surface area contributed by atoms with E-state index in [1.54, 1.807) is 0 Å². The summed E-state index contributed by atoms with van der Waals surface area (Å²) in [7, 11) is 2.20. The average Bonchev–Trinajstić information content (AvgIpc) is 2.11. The van der Waals surface area contributed by atoms with Gasteiger partial charge in [0.1, 0.15) is 5.72 Å². The molecule has 1 rings (SSSR count). The molecule has 0 saturated carbocycles. The first-order valence-electron chi connectivity index (χ1n) is 5.60. The van der Waals surface area contributed by atoms with Crippen LogP contribution in [-0.2, 0) is 4.74 Å². The Balaban J connectivity index is 2.61. The predicted molar refractivity (Wildman–Crippen MR) is 55.7 cm³/mol. The summed E-state index contributed by atoms with van der Waals surface area (Å²) >= 11 is 0. The van der Waals surface area contributed by atoms with Crippen LogP contribution in [0.2, 0.25) is 0 Å². The van der Waals surface area contributed by atoms with Crippen LogP contribution in [0.4, 0.5) is 0 Å². The molecule has 1 heterocycles. The number of rotatable bonds is 4. The van der Waals surface area contributed by atoms with Crippen LogP contribution in [0.1, 0.15) is 46.0 Å². The minimum absolute atomic E-state index is 0.0712. The smallest absolute Gasteiger partial charge is 0.121 e. The topological polar surface area (TPSA) is 12.5 Å². The Labute approximate surface area is 82.3 Å². The second kappa shape index (κ2) is 4.97. The summed E-state index contributed by atoms with van der Waals surface area (Å²) in [6.45, 7) is 6.37. The summed E-state index contributed by atoms with van der Waals surface area (Å²) in [5.74, 6) is 0. The number of ether oxygens (including phenoxy) is 1. The summed E-state index contributed by atoms with van der Waals surface area (Å²) in [4.78, 5) is 2.41. The van der Waals surface area contributed by atoms with E-state index in [1.807, 2.05) is 0 Å². The molecule has 2 nitrogen and oxygen atoms in total. The van der Waals surface area contributed by atoms with E-state index in [0.717, 1.165) is 6.61 Å². The van der Waals surface area contributed by atoms with E-state index in [-0.39, 0.29) is 5.72 Å². The van der Waals surface area contributed by atoms with Crippen LogP contribution >= 0.6 is 0 Å². The molecule has 1 unspecified atom stereocenters. The maximum absolute atomic E-state index is 5.95. The lowest BCUT2D eigenvalue weighted by atomic mass is 9.94. The molecule has 0 N–H and O–H groups in total. The molecular formula is C11H23NO. The Morgan fingerprint density at radius 2 is 2.08 bits per heavy atom. The van der Waals surface area contributed by atoms with Gasteiger partial charge in [0.2, 0.25) is 0 Å². The minimum Gasteiger partial charge on any atom is -0.361 e. The molecule has 2 heteroatoms. The molecule has 0 spiro atoms. The number of nitrogens with zero attached hydrogens (tertiary/aromatic N) is 1. The fourth-order valence-corrected chi connectivity index (χ4v) is 2.37. The molecule has 0 radical (unpaired) electrons. The zero-order valence-corrected chi connectivity index (χ0v) is 9.31. The van der Waals surface area contributed by atoms with Crippen LogP contribution in [0.25, 0.3) is 0 Å². The van der Waals surface area contributed by atoms with Crippen LogP contribution < -0.4 is 0 Å². The standard InChI is InChI=1S/C11H23NO/c1-4-8-11(13-5-2)9-6-7-10-12(11)3/h4-10H2,1-3H3. The van der Waals surface area contributed by atoms with Crippen molar-refractivity contribution in [1.29, 1.82) is 0 Å². The highest BCUT2D eigenvalue weighted by Gasteiger charge is 2.36. The monoisotopic (exact) mass is 185 g/mol. The molecule has 0 aromatic rings. The SMILES string of the molecule is CCCC1(OCC)CCCCN1C. The molecule has 0 amide bonds. The van der Waals surface area contributed by atoms with Gasteiger partial charge in [-0.15, -0.1) is 0 Å². The molecule has 13 heavy (non-hydrogen) atoms. The third-order valence-electron chi connectivity index (χ3n) is 3.06. The van der Waals surface area contributed by atoms with Gasteiger partial charge in [0.05, 0.1) is 0 Å². The van der Waals surface area contributed by atoms with E-state index in [1.165, 1.54) is 38.6 Å². The summed E-state index contributed by atoms with van der Waals surface area (Å²) in [5.41, 5.74) is 0.0712. The number of piperidine rings is 1. The molecule has 1 aliphatic rings. The van der Waals surface area contributed by atoms with Gasteiger partial charge in [0, 0.05) is 13.2 Å². The van der Waals surface area contributed by atoms with E-state index in [2.05, 4.69) is 25.8 Å². The average molecular weight is 185 g/mol. The van der Waals surface area contributed by atoms with Crippen LogP contribution in [0, 0.1) is 0 Å². The highest BCUT2D eigenvalue weighted by Crippen LogP contribution is 2.32. The lowest BCUT2D eigenvalue weighted by Gasteiger charge is -2.45. The molecule has 0 aliphatic carbocycles. The van der Waals surface area contributed by atoms with Crippen molar-refractivity contribution < 1.29 is 4.74 Å². The Morgan fingerprint density at radius 1 is 1.31 bits per heavy atom. The first-order valence-corrected chi connectivity index (χ1v) is 5.60. The zero-order valence-electron chi connectivity index (χ0n) is 9.31. The van der Waals surface area contributed by atoms with Crippen LogP contribution in [0.5, 0.6) is 0 Å². The van der Waals surface area contributed by atoms with Crippen LogP contribution in [-0.4, -0.2) is 30.8 Å². The van der Waals surface area contributed by atoms with Crippen LogP contribution in [0.3, 0.4) is 0 Å². The van der Waals surface area contributed by atoms with Gasteiger partial charge < -0.3 is 4.74 Å². The maximum Gasteiger partial charge on any atom is 0.121 e. The highest BCUT2D eigenvalue weighted by atomic mass is 16.5. The Hall–Kier alpha value is -0.0800. The third-order valence-corrected chi connectivity index (χ3v) is 3.06. The Kier molecular flexibility index (Phi) is 4.20. The highest BCUT2D eigenvalue weighted by molar-refractivity contribution is 4.83. The van der Waals surface area contributed by atoms with Crippen molar-refractivity contribution in [2.75, 3.05) is 20.2 Å². The fourth-order valence-electron chi connectivity index (χ4n) is 2.37. The lowest BCUT2D eigenvalue weighted by molar-refractivity contribution is -0.167. The van der Waals surface area contributed by atoms with Crippen molar-refractivity contribution in [1.82, 2.24) is 4.90 Å². The van der Waals surface area contributed by atoms with E-state index in [4.69, 9.17) is 4.74 Å². The normalized spacial score (nSPS) is 30.7. The number of hydrogen-bond acceptors (Lipinski definition) is 2. The number of hydrogen-bond donors (Lipinski definition) is 0. The summed E-state index contributed by atoms with van der Waals surface area (Å²) < 4.78 is 5.95. The summed E-state index contributed by atoms with van der Waals surface area (Å²) in [5, 5.41) is 0. The van der Waals surface area contributed by atoms with Crippen molar-refractivity contribution in [3.8, 4) is 0 Å². The van der Waals surface area contributed by atoms with Crippen molar-refractivity contribution in [3.63, 3.8) is 0 Å². The van der Waals surface area contributed by atoms with Crippen molar-refractivity contribution >= 4 is 0 Å². The van der Waals surface area contributed by atoms with Gasteiger partial charge in [-0.1, -0.05) is 13.3 Å². The van der Waals surface area contributed by atoms with Gasteiger partial charge in [0.25, 0.3) is 0 Å². The van der Waals surface area contributed by atoms with E-state index in [0.29, 0.717) is 0 Å². The van der Waals surface area contributed by atoms with Gasteiger partial charge in [-0.25, -0.2) is 0 Å². The second-order valence-corrected chi connectivity index (χ2v) is 4.01. The molecule has 1 saturated heterocycles.